The Kier molecular flexibility index (Phi) is 5.53. The molecule has 0 aromatic carbocycles. The molecule has 0 amide bonds. The van der Waals surface area contributed by atoms with Crippen molar-refractivity contribution in [1.82, 2.24) is 4.90 Å². The van der Waals surface area contributed by atoms with Crippen molar-refractivity contribution in [3.63, 3.8) is 0 Å². The smallest absolute Gasteiger partial charge is 0.0334 e. The highest BCUT2D eigenvalue weighted by Gasteiger charge is 2.41. The van der Waals surface area contributed by atoms with E-state index in [1.54, 1.807) is 0 Å². The highest BCUT2D eigenvalue weighted by atomic mass is 15.2. The quantitative estimate of drug-likeness (QED) is 0.744. The van der Waals surface area contributed by atoms with Crippen molar-refractivity contribution in [3.05, 3.63) is 0 Å². The summed E-state index contributed by atoms with van der Waals surface area (Å²) in [5, 5.41) is 0. The summed E-state index contributed by atoms with van der Waals surface area (Å²) in [5.41, 5.74) is 6.61. The lowest BCUT2D eigenvalue weighted by atomic mass is 9.84. The number of hydrogen-bond donors (Lipinski definition) is 1. The van der Waals surface area contributed by atoms with Gasteiger partial charge in [0.05, 0.1) is 0 Å². The molecule has 0 radical (unpaired) electrons. The predicted octanol–water partition coefficient (Wildman–Crippen LogP) is 4.04. The van der Waals surface area contributed by atoms with Crippen LogP contribution in [0.5, 0.6) is 0 Å². The maximum absolute atomic E-state index is 6.32. The fraction of sp³-hybridized carbons (Fsp3) is 1.00. The molecule has 0 bridgehead atoms. The zero-order chi connectivity index (χ0) is 14.8. The Morgan fingerprint density at radius 2 is 1.75 bits per heavy atom. The van der Waals surface area contributed by atoms with Gasteiger partial charge < -0.3 is 5.73 Å². The first kappa shape index (κ1) is 16.3. The molecule has 2 heteroatoms. The zero-order valence-corrected chi connectivity index (χ0v) is 14.2. The highest BCUT2D eigenvalue weighted by Crippen LogP contribution is 2.40. The maximum Gasteiger partial charge on any atom is 0.0334 e. The summed E-state index contributed by atoms with van der Waals surface area (Å²) in [6.07, 6.45) is 9.68. The van der Waals surface area contributed by atoms with E-state index >= 15 is 0 Å². The van der Waals surface area contributed by atoms with Crippen molar-refractivity contribution >= 4 is 0 Å². The Balaban J connectivity index is 2.09. The molecule has 20 heavy (non-hydrogen) atoms. The average Bonchev–Trinajstić information content (AvgIpc) is 3.22. The molecule has 0 heterocycles. The van der Waals surface area contributed by atoms with Gasteiger partial charge in [0.25, 0.3) is 0 Å². The van der Waals surface area contributed by atoms with Crippen LogP contribution in [0.1, 0.15) is 72.6 Å². The van der Waals surface area contributed by atoms with Crippen LogP contribution in [0.25, 0.3) is 0 Å². The van der Waals surface area contributed by atoms with Crippen molar-refractivity contribution in [2.24, 2.45) is 23.5 Å². The van der Waals surface area contributed by atoms with Crippen LogP contribution < -0.4 is 5.73 Å². The molecule has 0 aliphatic heterocycles. The van der Waals surface area contributed by atoms with Crippen molar-refractivity contribution in [2.45, 2.75) is 84.2 Å². The van der Waals surface area contributed by atoms with Gasteiger partial charge in [-0.1, -0.05) is 26.7 Å². The molecule has 0 saturated heterocycles. The van der Waals surface area contributed by atoms with Crippen molar-refractivity contribution in [2.75, 3.05) is 13.1 Å². The van der Waals surface area contributed by atoms with Gasteiger partial charge in [-0.25, -0.2) is 0 Å². The minimum atomic E-state index is 0.292. The zero-order valence-electron chi connectivity index (χ0n) is 14.2. The number of hydrogen-bond acceptors (Lipinski definition) is 2. The Hall–Kier alpha value is -0.0800. The normalized spacial score (nSPS) is 32.1. The van der Waals surface area contributed by atoms with Crippen molar-refractivity contribution < 1.29 is 0 Å². The van der Waals surface area contributed by atoms with Crippen LogP contribution in [-0.2, 0) is 0 Å². The number of nitrogens with zero attached hydrogens (tertiary/aromatic N) is 1. The third-order valence-electron chi connectivity index (χ3n) is 5.90. The van der Waals surface area contributed by atoms with Gasteiger partial charge in [-0.2, -0.15) is 0 Å². The molecule has 2 saturated carbocycles. The summed E-state index contributed by atoms with van der Waals surface area (Å²) in [6, 6.07) is 0.634. The van der Waals surface area contributed by atoms with Gasteiger partial charge in [0.15, 0.2) is 0 Å². The van der Waals surface area contributed by atoms with E-state index < -0.39 is 0 Å². The van der Waals surface area contributed by atoms with Gasteiger partial charge >= 0.3 is 0 Å². The van der Waals surface area contributed by atoms with Crippen LogP contribution in [0.15, 0.2) is 0 Å². The van der Waals surface area contributed by atoms with E-state index in [9.17, 15) is 0 Å². The summed E-state index contributed by atoms with van der Waals surface area (Å²) in [5.74, 6) is 2.71. The van der Waals surface area contributed by atoms with E-state index in [0.717, 1.165) is 24.3 Å². The summed E-state index contributed by atoms with van der Waals surface area (Å²) < 4.78 is 0. The second-order valence-electron chi connectivity index (χ2n) is 8.05. The SMILES string of the molecule is CC(C)C1CCCC(CN)(N(CC2CC2)C(C)C)CC1. The molecule has 0 aromatic rings. The van der Waals surface area contributed by atoms with Gasteiger partial charge in [0.1, 0.15) is 0 Å². The highest BCUT2D eigenvalue weighted by molar-refractivity contribution is 4.97. The van der Waals surface area contributed by atoms with E-state index in [0.29, 0.717) is 11.6 Å². The molecule has 2 aliphatic carbocycles. The first-order valence-electron chi connectivity index (χ1n) is 8.95. The van der Waals surface area contributed by atoms with Gasteiger partial charge in [0.2, 0.25) is 0 Å². The van der Waals surface area contributed by atoms with Crippen LogP contribution in [0.2, 0.25) is 0 Å². The second kappa shape index (κ2) is 6.79. The number of rotatable bonds is 6. The van der Waals surface area contributed by atoms with E-state index in [1.165, 1.54) is 51.5 Å². The van der Waals surface area contributed by atoms with Crippen LogP contribution in [0.3, 0.4) is 0 Å². The molecule has 2 unspecified atom stereocenters. The Morgan fingerprint density at radius 3 is 2.25 bits per heavy atom. The first-order valence-corrected chi connectivity index (χ1v) is 8.95. The molecular weight excluding hydrogens is 244 g/mol. The first-order chi connectivity index (χ1) is 9.48. The largest absolute Gasteiger partial charge is 0.329 e. The summed E-state index contributed by atoms with van der Waals surface area (Å²) in [7, 11) is 0. The fourth-order valence-corrected chi connectivity index (χ4v) is 4.22. The molecule has 2 rings (SSSR count). The van der Waals surface area contributed by atoms with E-state index in [1.807, 2.05) is 0 Å². The van der Waals surface area contributed by atoms with E-state index in [-0.39, 0.29) is 0 Å². The van der Waals surface area contributed by atoms with Gasteiger partial charge in [0, 0.05) is 24.7 Å². The molecule has 118 valence electrons. The molecule has 0 spiro atoms. The van der Waals surface area contributed by atoms with Crippen LogP contribution >= 0.6 is 0 Å². The lowest BCUT2D eigenvalue weighted by molar-refractivity contribution is 0.0417. The maximum atomic E-state index is 6.32. The average molecular weight is 281 g/mol. The molecule has 2 fully saturated rings. The van der Waals surface area contributed by atoms with E-state index in [4.69, 9.17) is 5.73 Å². The summed E-state index contributed by atoms with van der Waals surface area (Å²) >= 11 is 0. The van der Waals surface area contributed by atoms with Gasteiger partial charge in [-0.3, -0.25) is 4.90 Å². The molecular formula is C18H36N2. The minimum absolute atomic E-state index is 0.292. The predicted molar refractivity (Wildman–Crippen MR) is 87.8 cm³/mol. The van der Waals surface area contributed by atoms with Crippen LogP contribution in [0, 0.1) is 17.8 Å². The monoisotopic (exact) mass is 280 g/mol. The van der Waals surface area contributed by atoms with Crippen molar-refractivity contribution in [1.29, 1.82) is 0 Å². The van der Waals surface area contributed by atoms with Gasteiger partial charge in [-0.15, -0.1) is 0 Å². The standard InChI is InChI=1S/C18H36N2/c1-14(2)17-6-5-10-18(13-19,11-9-17)20(15(3)4)12-16-7-8-16/h14-17H,5-13,19H2,1-4H3. The number of nitrogens with two attached hydrogens (primary N) is 1. The second-order valence-corrected chi connectivity index (χ2v) is 8.05. The molecule has 2 nitrogen and oxygen atoms in total. The lowest BCUT2D eigenvalue weighted by Gasteiger charge is -2.46. The summed E-state index contributed by atoms with van der Waals surface area (Å²) in [4.78, 5) is 2.79. The molecule has 2 atom stereocenters. The third-order valence-corrected chi connectivity index (χ3v) is 5.90. The third kappa shape index (κ3) is 3.76. The van der Waals surface area contributed by atoms with E-state index in [2.05, 4.69) is 32.6 Å². The van der Waals surface area contributed by atoms with Crippen molar-refractivity contribution in [3.8, 4) is 0 Å². The van der Waals surface area contributed by atoms with Gasteiger partial charge in [-0.05, 0) is 63.7 Å². The fourth-order valence-electron chi connectivity index (χ4n) is 4.22. The Labute approximate surface area is 126 Å². The Bertz CT molecular complexity index is 296. The molecule has 2 aliphatic rings. The summed E-state index contributed by atoms with van der Waals surface area (Å²) in [6.45, 7) is 11.7. The molecule has 2 N–H and O–H groups in total. The minimum Gasteiger partial charge on any atom is -0.329 e. The van der Waals surface area contributed by atoms with Crippen LogP contribution in [0.4, 0.5) is 0 Å². The molecule has 0 aromatic heterocycles. The topological polar surface area (TPSA) is 29.3 Å². The van der Waals surface area contributed by atoms with Crippen LogP contribution in [-0.4, -0.2) is 29.6 Å². The lowest BCUT2D eigenvalue weighted by Crippen LogP contribution is -2.57. The Morgan fingerprint density at radius 1 is 1.05 bits per heavy atom.